The summed E-state index contributed by atoms with van der Waals surface area (Å²) in [5, 5.41) is 4.80. The number of hydrogen-bond donors (Lipinski definition) is 0. The molecule has 0 amide bonds. The fourth-order valence-electron chi connectivity index (χ4n) is 9.41. The van der Waals surface area contributed by atoms with Crippen LogP contribution in [-0.2, 0) is 5.41 Å². The van der Waals surface area contributed by atoms with Crippen molar-refractivity contribution >= 4 is 21.5 Å². The van der Waals surface area contributed by atoms with Crippen LogP contribution in [0.2, 0.25) is 0 Å². The Balaban J connectivity index is 1.03. The SMILES string of the molecule is c1ccc(-c2cc(-c3ccc(-c4ccc5ccccc5c4)cc3)nc(-c3ccc4c(c3)Oc3cc5ccccc5cc3C43c4ccccc4-c4ccccc43)n2)cc1. The van der Waals surface area contributed by atoms with E-state index in [-0.39, 0.29) is 0 Å². The molecule has 0 saturated carbocycles. The lowest BCUT2D eigenvalue weighted by atomic mass is 9.65. The zero-order valence-corrected chi connectivity index (χ0v) is 31.4. The molecule has 9 aromatic carbocycles. The molecule has 2 aliphatic rings. The van der Waals surface area contributed by atoms with Crippen molar-refractivity contribution in [2.75, 3.05) is 0 Å². The smallest absolute Gasteiger partial charge is 0.160 e. The third-order valence-electron chi connectivity index (χ3n) is 12.1. The molecule has 3 heteroatoms. The molecule has 2 heterocycles. The van der Waals surface area contributed by atoms with Gasteiger partial charge in [-0.15, -0.1) is 0 Å². The zero-order valence-electron chi connectivity index (χ0n) is 31.4. The van der Waals surface area contributed by atoms with Crippen molar-refractivity contribution in [2.45, 2.75) is 5.41 Å². The van der Waals surface area contributed by atoms with Crippen molar-refractivity contribution in [2.24, 2.45) is 0 Å². The van der Waals surface area contributed by atoms with Gasteiger partial charge < -0.3 is 4.74 Å². The van der Waals surface area contributed by atoms with Gasteiger partial charge in [0.1, 0.15) is 11.5 Å². The van der Waals surface area contributed by atoms with Crippen LogP contribution in [0.1, 0.15) is 22.3 Å². The molecular formula is C55H34N2O. The Bertz CT molecular complexity index is 3210. The van der Waals surface area contributed by atoms with Crippen LogP contribution < -0.4 is 4.74 Å². The van der Waals surface area contributed by atoms with Gasteiger partial charge in [0.25, 0.3) is 0 Å². The molecule has 0 atom stereocenters. The fourth-order valence-corrected chi connectivity index (χ4v) is 9.41. The second kappa shape index (κ2) is 12.7. The lowest BCUT2D eigenvalue weighted by Gasteiger charge is -2.39. The van der Waals surface area contributed by atoms with Crippen LogP contribution >= 0.6 is 0 Å². The van der Waals surface area contributed by atoms with E-state index in [2.05, 4.69) is 200 Å². The zero-order chi connectivity index (χ0) is 38.2. The molecule has 0 fully saturated rings. The summed E-state index contributed by atoms with van der Waals surface area (Å²) in [7, 11) is 0. The van der Waals surface area contributed by atoms with Crippen LogP contribution in [0.15, 0.2) is 206 Å². The maximum atomic E-state index is 7.02. The summed E-state index contributed by atoms with van der Waals surface area (Å²) >= 11 is 0. The predicted octanol–water partition coefficient (Wildman–Crippen LogP) is 13.9. The van der Waals surface area contributed by atoms with Crippen LogP contribution in [0.4, 0.5) is 0 Å². The Morgan fingerprint density at radius 3 is 1.53 bits per heavy atom. The molecule has 270 valence electrons. The molecule has 1 aromatic heterocycles. The second-order valence-electron chi connectivity index (χ2n) is 15.3. The van der Waals surface area contributed by atoms with E-state index in [1.54, 1.807) is 0 Å². The van der Waals surface area contributed by atoms with Crippen LogP contribution in [0, 0.1) is 0 Å². The van der Waals surface area contributed by atoms with Gasteiger partial charge in [-0.25, -0.2) is 9.97 Å². The lowest BCUT2D eigenvalue weighted by molar-refractivity contribution is 0.437. The van der Waals surface area contributed by atoms with E-state index >= 15 is 0 Å². The third kappa shape index (κ3) is 4.93. The molecule has 0 radical (unpaired) electrons. The van der Waals surface area contributed by atoms with Gasteiger partial charge >= 0.3 is 0 Å². The molecule has 1 spiro atoms. The van der Waals surface area contributed by atoms with Gasteiger partial charge in [0.05, 0.1) is 16.8 Å². The number of rotatable bonds is 4. The predicted molar refractivity (Wildman–Crippen MR) is 236 cm³/mol. The van der Waals surface area contributed by atoms with Crippen molar-refractivity contribution in [3.05, 3.63) is 229 Å². The summed E-state index contributed by atoms with van der Waals surface area (Å²) < 4.78 is 7.02. The molecule has 58 heavy (non-hydrogen) atoms. The monoisotopic (exact) mass is 738 g/mol. The topological polar surface area (TPSA) is 35.0 Å². The number of hydrogen-bond acceptors (Lipinski definition) is 3. The van der Waals surface area contributed by atoms with Crippen molar-refractivity contribution < 1.29 is 4.74 Å². The van der Waals surface area contributed by atoms with E-state index < -0.39 is 5.41 Å². The van der Waals surface area contributed by atoms with Crippen molar-refractivity contribution in [1.82, 2.24) is 9.97 Å². The van der Waals surface area contributed by atoms with Gasteiger partial charge in [-0.1, -0.05) is 176 Å². The Morgan fingerprint density at radius 2 is 0.828 bits per heavy atom. The van der Waals surface area contributed by atoms with Crippen molar-refractivity contribution in [3.8, 4) is 67.7 Å². The number of nitrogens with zero attached hydrogens (tertiary/aromatic N) is 2. The summed E-state index contributed by atoms with van der Waals surface area (Å²) in [5.74, 6) is 2.31. The molecule has 0 saturated heterocycles. The molecule has 1 aliphatic heterocycles. The highest BCUT2D eigenvalue weighted by molar-refractivity contribution is 5.93. The summed E-state index contributed by atoms with van der Waals surface area (Å²) in [4.78, 5) is 10.5. The highest BCUT2D eigenvalue weighted by Crippen LogP contribution is 2.62. The Kier molecular flexibility index (Phi) is 7.14. The summed E-state index contributed by atoms with van der Waals surface area (Å²) in [6, 6.07) is 73.7. The van der Waals surface area contributed by atoms with Gasteiger partial charge in [0.15, 0.2) is 5.82 Å². The molecule has 0 N–H and O–H groups in total. The minimum Gasteiger partial charge on any atom is -0.457 e. The second-order valence-corrected chi connectivity index (χ2v) is 15.3. The van der Waals surface area contributed by atoms with Gasteiger partial charge in [-0.2, -0.15) is 0 Å². The van der Waals surface area contributed by atoms with Crippen LogP contribution in [-0.4, -0.2) is 9.97 Å². The lowest BCUT2D eigenvalue weighted by Crippen LogP contribution is -2.32. The van der Waals surface area contributed by atoms with E-state index in [1.165, 1.54) is 44.0 Å². The van der Waals surface area contributed by atoms with Crippen LogP contribution in [0.25, 0.3) is 77.7 Å². The average Bonchev–Trinajstić information content (AvgIpc) is 3.59. The molecule has 3 nitrogen and oxygen atoms in total. The number of benzene rings is 9. The molecule has 0 bridgehead atoms. The number of aromatic nitrogens is 2. The first kappa shape index (κ1) is 32.6. The fraction of sp³-hybridized carbons (Fsp3) is 0.0182. The van der Waals surface area contributed by atoms with Gasteiger partial charge in [0, 0.05) is 27.8 Å². The van der Waals surface area contributed by atoms with Crippen molar-refractivity contribution in [3.63, 3.8) is 0 Å². The highest BCUT2D eigenvalue weighted by atomic mass is 16.5. The van der Waals surface area contributed by atoms with E-state index in [1.807, 2.05) is 6.07 Å². The average molecular weight is 739 g/mol. The summed E-state index contributed by atoms with van der Waals surface area (Å²) in [6.07, 6.45) is 0. The number of ether oxygens (including phenoxy) is 1. The van der Waals surface area contributed by atoms with Crippen LogP contribution in [0.3, 0.4) is 0 Å². The van der Waals surface area contributed by atoms with Gasteiger partial charge in [-0.3, -0.25) is 0 Å². The Labute approximate surface area is 336 Å². The Morgan fingerprint density at radius 1 is 0.310 bits per heavy atom. The molecule has 10 aromatic rings. The summed E-state index contributed by atoms with van der Waals surface area (Å²) in [5.41, 5.74) is 13.8. The first-order valence-corrected chi connectivity index (χ1v) is 19.8. The van der Waals surface area contributed by atoms with Gasteiger partial charge in [-0.05, 0) is 85.3 Å². The van der Waals surface area contributed by atoms with Crippen LogP contribution in [0.5, 0.6) is 11.5 Å². The minimum atomic E-state index is -0.566. The first-order valence-electron chi connectivity index (χ1n) is 19.8. The van der Waals surface area contributed by atoms with E-state index in [9.17, 15) is 0 Å². The molecular weight excluding hydrogens is 705 g/mol. The largest absolute Gasteiger partial charge is 0.457 e. The van der Waals surface area contributed by atoms with E-state index in [0.717, 1.165) is 61.7 Å². The van der Waals surface area contributed by atoms with E-state index in [0.29, 0.717) is 5.82 Å². The van der Waals surface area contributed by atoms with Gasteiger partial charge in [0.2, 0.25) is 0 Å². The maximum Gasteiger partial charge on any atom is 0.160 e. The molecule has 12 rings (SSSR count). The van der Waals surface area contributed by atoms with E-state index in [4.69, 9.17) is 14.7 Å². The normalized spacial score (nSPS) is 13.1. The molecule has 0 unspecified atom stereocenters. The quantitative estimate of drug-likeness (QED) is 0.180. The minimum absolute atomic E-state index is 0.566. The first-order chi connectivity index (χ1) is 28.7. The van der Waals surface area contributed by atoms with Crippen molar-refractivity contribution in [1.29, 1.82) is 0 Å². The maximum absolute atomic E-state index is 7.02. The standard InChI is InChI=1S/C55H34N2O/c1-2-13-37(14-3-1)50-34-51(38-25-22-36(23-26-38)42-27-24-35-12-4-5-15-39(35)30-42)57-54(56-50)43-28-29-48-52(33-43)58-53-32-41-17-7-6-16-40(41)31-49(53)55(48)46-20-10-8-18-44(46)45-19-9-11-21-47(45)55/h1-34H. The number of fused-ring (bicyclic) bond motifs is 11. The molecule has 1 aliphatic carbocycles. The highest BCUT2D eigenvalue weighted by Gasteiger charge is 2.51. The third-order valence-corrected chi connectivity index (χ3v) is 12.1. The Hall–Kier alpha value is -7.62. The summed E-state index contributed by atoms with van der Waals surface area (Å²) in [6.45, 7) is 0.